The van der Waals surface area contributed by atoms with Gasteiger partial charge >= 0.3 is 0 Å². The molecule has 127 valence electrons. The number of anilines is 1. The average Bonchev–Trinajstić information content (AvgIpc) is 2.57. The van der Waals surface area contributed by atoms with Crippen molar-refractivity contribution in [2.24, 2.45) is 5.92 Å². The van der Waals surface area contributed by atoms with Crippen LogP contribution in [0, 0.1) is 5.92 Å². The third-order valence-electron chi connectivity index (χ3n) is 4.09. The summed E-state index contributed by atoms with van der Waals surface area (Å²) in [6, 6.07) is 14.6. The minimum Gasteiger partial charge on any atom is -0.280 e. The maximum Gasteiger partial charge on any atom is 0.261 e. The first-order valence-corrected chi connectivity index (χ1v) is 9.98. The lowest BCUT2D eigenvalue weighted by molar-refractivity contribution is 0.559. The number of rotatable bonds is 8. The van der Waals surface area contributed by atoms with Crippen LogP contribution in [0.1, 0.15) is 32.8 Å². The minimum atomic E-state index is -3.56. The van der Waals surface area contributed by atoms with Crippen molar-refractivity contribution in [1.82, 2.24) is 0 Å². The van der Waals surface area contributed by atoms with E-state index >= 15 is 0 Å². The minimum absolute atomic E-state index is 0.313. The smallest absolute Gasteiger partial charge is 0.261 e. The van der Waals surface area contributed by atoms with Crippen molar-refractivity contribution in [3.8, 4) is 0 Å². The number of nitrogens with one attached hydrogen (secondary N) is 1. The van der Waals surface area contributed by atoms with Gasteiger partial charge in [-0.15, -0.1) is 0 Å². The summed E-state index contributed by atoms with van der Waals surface area (Å²) in [5.74, 6) is 0.540. The molecule has 0 aliphatic heterocycles. The summed E-state index contributed by atoms with van der Waals surface area (Å²) in [6.07, 6.45) is 2.92. The van der Waals surface area contributed by atoms with Crippen molar-refractivity contribution < 1.29 is 8.42 Å². The fourth-order valence-electron chi connectivity index (χ4n) is 2.52. The molecule has 2 rings (SSSR count). The molecule has 0 heterocycles. The first kappa shape index (κ1) is 18.6. The Morgan fingerprint density at radius 1 is 1.08 bits per heavy atom. The van der Waals surface area contributed by atoms with Crippen LogP contribution in [0.5, 0.6) is 0 Å². The van der Waals surface area contributed by atoms with Crippen molar-refractivity contribution in [3.63, 3.8) is 0 Å². The van der Waals surface area contributed by atoms with Gasteiger partial charge in [-0.3, -0.25) is 4.72 Å². The maximum absolute atomic E-state index is 12.6. The van der Waals surface area contributed by atoms with Crippen LogP contribution < -0.4 is 10.2 Å². The maximum atomic E-state index is 12.6. The molecule has 0 aliphatic carbocycles. The first-order valence-electron chi connectivity index (χ1n) is 8.49. The molecule has 2 aromatic carbocycles. The molecule has 0 aliphatic rings. The molecule has 0 bridgehead atoms. The summed E-state index contributed by atoms with van der Waals surface area (Å²) in [5.41, 5.74) is 2.73. The fraction of sp³-hybridized carbons (Fsp3) is 0.368. The lowest BCUT2D eigenvalue weighted by atomic mass is 9.68. The number of hydrogen-bond donors (Lipinski definition) is 1. The van der Waals surface area contributed by atoms with Crippen LogP contribution in [0.25, 0.3) is 0 Å². The molecule has 5 heteroatoms. The fourth-order valence-corrected chi connectivity index (χ4v) is 3.65. The zero-order valence-corrected chi connectivity index (χ0v) is 15.4. The first-order chi connectivity index (χ1) is 11.4. The van der Waals surface area contributed by atoms with Gasteiger partial charge in [-0.05, 0) is 42.2 Å². The van der Waals surface area contributed by atoms with Crippen molar-refractivity contribution in [3.05, 3.63) is 54.1 Å². The van der Waals surface area contributed by atoms with E-state index in [2.05, 4.69) is 32.8 Å². The van der Waals surface area contributed by atoms with E-state index in [1.165, 1.54) is 0 Å². The summed E-state index contributed by atoms with van der Waals surface area (Å²) < 4.78 is 27.9. The monoisotopic (exact) mass is 342 g/mol. The van der Waals surface area contributed by atoms with E-state index in [1.807, 2.05) is 24.3 Å². The highest BCUT2D eigenvalue weighted by atomic mass is 32.2. The Labute approximate surface area is 146 Å². The second-order valence-electron chi connectivity index (χ2n) is 6.20. The lowest BCUT2D eigenvalue weighted by Gasteiger charge is -2.12. The predicted molar refractivity (Wildman–Crippen MR) is 103 cm³/mol. The zero-order valence-electron chi connectivity index (χ0n) is 14.6. The number of sulfonamides is 1. The third-order valence-corrected chi connectivity index (χ3v) is 5.47. The molecule has 24 heavy (non-hydrogen) atoms. The van der Waals surface area contributed by atoms with Gasteiger partial charge in [-0.25, -0.2) is 8.42 Å². The second-order valence-corrected chi connectivity index (χ2v) is 7.89. The van der Waals surface area contributed by atoms with Gasteiger partial charge in [0.25, 0.3) is 10.0 Å². The summed E-state index contributed by atoms with van der Waals surface area (Å²) in [6.45, 7) is 6.39. The molecule has 0 saturated carbocycles. The van der Waals surface area contributed by atoms with Crippen LogP contribution in [-0.4, -0.2) is 15.7 Å². The molecule has 0 aromatic heterocycles. The number of benzene rings is 2. The van der Waals surface area contributed by atoms with Crippen LogP contribution in [0.3, 0.4) is 0 Å². The van der Waals surface area contributed by atoms with E-state index in [0.29, 0.717) is 16.5 Å². The Kier molecular flexibility index (Phi) is 6.49. The molecule has 0 amide bonds. The van der Waals surface area contributed by atoms with Crippen LogP contribution in [0.2, 0.25) is 6.32 Å². The molecule has 0 saturated heterocycles. The van der Waals surface area contributed by atoms with Crippen molar-refractivity contribution >= 4 is 28.5 Å². The SMILES string of the molecule is CC[B]c1ccc(NS(=O)(=O)c2cccc(CC(C)CC)c2)cc1. The standard InChI is InChI=1S/C19H25BNO2S/c1-4-15(3)13-16-7-6-8-19(14-16)24(22,23)21-18-11-9-17(10-12-18)20-5-2/h6-12,14-15,21H,4-5,13H2,1-3H3. The summed E-state index contributed by atoms with van der Waals surface area (Å²) in [4.78, 5) is 0.313. The average molecular weight is 342 g/mol. The van der Waals surface area contributed by atoms with Crippen molar-refractivity contribution in [2.75, 3.05) is 4.72 Å². The third kappa shape index (κ3) is 5.13. The van der Waals surface area contributed by atoms with Gasteiger partial charge in [0.2, 0.25) is 0 Å². The Bertz CT molecular complexity index is 757. The molecule has 2 aromatic rings. The second kappa shape index (κ2) is 8.38. The van der Waals surface area contributed by atoms with Gasteiger partial charge in [0.05, 0.1) is 4.90 Å². The van der Waals surface area contributed by atoms with Crippen molar-refractivity contribution in [1.29, 1.82) is 0 Å². The highest BCUT2D eigenvalue weighted by molar-refractivity contribution is 7.92. The molecular formula is C19H25BNO2S. The summed E-state index contributed by atoms with van der Waals surface area (Å²) in [7, 11) is -1.47. The molecule has 1 atom stereocenters. The Morgan fingerprint density at radius 3 is 2.42 bits per heavy atom. The van der Waals surface area contributed by atoms with E-state index in [4.69, 9.17) is 0 Å². The van der Waals surface area contributed by atoms with Crippen LogP contribution in [0.4, 0.5) is 5.69 Å². The molecule has 0 spiro atoms. The van der Waals surface area contributed by atoms with E-state index in [1.54, 1.807) is 24.3 Å². The lowest BCUT2D eigenvalue weighted by Crippen LogP contribution is -2.16. The molecule has 3 nitrogen and oxygen atoms in total. The predicted octanol–water partition coefficient (Wildman–Crippen LogP) is 3.84. The molecule has 1 radical (unpaired) electrons. The van der Waals surface area contributed by atoms with E-state index < -0.39 is 10.0 Å². The van der Waals surface area contributed by atoms with Crippen LogP contribution >= 0.6 is 0 Å². The van der Waals surface area contributed by atoms with Gasteiger partial charge in [-0.2, -0.15) is 0 Å². The van der Waals surface area contributed by atoms with E-state index in [9.17, 15) is 8.42 Å². The van der Waals surface area contributed by atoms with Gasteiger partial charge in [0, 0.05) is 5.69 Å². The quantitative estimate of drug-likeness (QED) is 0.741. The summed E-state index contributed by atoms with van der Waals surface area (Å²) in [5, 5.41) is 0. The number of hydrogen-bond acceptors (Lipinski definition) is 2. The normalized spacial score (nSPS) is 12.6. The topological polar surface area (TPSA) is 46.2 Å². The summed E-state index contributed by atoms with van der Waals surface area (Å²) >= 11 is 0. The highest BCUT2D eigenvalue weighted by Gasteiger charge is 2.15. The Balaban J connectivity index is 2.16. The van der Waals surface area contributed by atoms with Gasteiger partial charge < -0.3 is 0 Å². The highest BCUT2D eigenvalue weighted by Crippen LogP contribution is 2.19. The molecular weight excluding hydrogens is 317 g/mol. The Morgan fingerprint density at radius 2 is 1.79 bits per heavy atom. The van der Waals surface area contributed by atoms with E-state index in [0.717, 1.165) is 30.2 Å². The van der Waals surface area contributed by atoms with Gasteiger partial charge in [0.1, 0.15) is 0 Å². The molecule has 1 unspecified atom stereocenters. The van der Waals surface area contributed by atoms with Crippen molar-refractivity contribution in [2.45, 2.75) is 44.8 Å². The largest absolute Gasteiger partial charge is 0.280 e. The molecule has 0 fully saturated rings. The van der Waals surface area contributed by atoms with Gasteiger partial charge in [0.15, 0.2) is 7.28 Å². The zero-order chi connectivity index (χ0) is 17.6. The van der Waals surface area contributed by atoms with Gasteiger partial charge in [-0.1, -0.05) is 63.2 Å². The Hall–Kier alpha value is -1.75. The van der Waals surface area contributed by atoms with Crippen LogP contribution in [-0.2, 0) is 16.4 Å². The van der Waals surface area contributed by atoms with E-state index in [-0.39, 0.29) is 0 Å². The van der Waals surface area contributed by atoms with Crippen LogP contribution in [0.15, 0.2) is 53.4 Å². The molecule has 1 N–H and O–H groups in total.